The van der Waals surface area contributed by atoms with Crippen molar-refractivity contribution in [2.75, 3.05) is 50.8 Å². The molecule has 0 spiro atoms. The van der Waals surface area contributed by atoms with Gasteiger partial charge < -0.3 is 15.3 Å². The number of benzene rings is 1. The van der Waals surface area contributed by atoms with Gasteiger partial charge in [0.25, 0.3) is 0 Å². The fraction of sp³-hybridized carbons (Fsp3) is 0.600. The Balaban J connectivity index is 2.01. The maximum absolute atomic E-state index is 9.10. The first-order valence-electron chi connectivity index (χ1n) is 7.21. The van der Waals surface area contributed by atoms with Crippen molar-refractivity contribution in [2.24, 2.45) is 0 Å². The number of likely N-dealkylation sites (N-methyl/N-ethyl adjacent to an activating group) is 1. The largest absolute Gasteiger partial charge is 0.395 e. The first-order valence-corrected chi connectivity index (χ1v) is 7.21. The molecule has 1 saturated heterocycles. The second-order valence-electron chi connectivity index (χ2n) is 5.00. The van der Waals surface area contributed by atoms with E-state index in [0.717, 1.165) is 39.3 Å². The number of anilines is 1. The van der Waals surface area contributed by atoms with Gasteiger partial charge >= 0.3 is 0 Å². The number of piperazine rings is 1. The summed E-state index contributed by atoms with van der Waals surface area (Å²) in [5.41, 5.74) is 2.57. The smallest absolute Gasteiger partial charge is 0.0606 e. The van der Waals surface area contributed by atoms with E-state index in [1.807, 2.05) is 0 Å². The number of rotatable bonds is 6. The third-order valence-electron chi connectivity index (χ3n) is 3.64. The molecule has 2 N–H and O–H groups in total. The maximum Gasteiger partial charge on any atom is 0.0606 e. The van der Waals surface area contributed by atoms with E-state index >= 15 is 0 Å². The fourth-order valence-electron chi connectivity index (χ4n) is 2.57. The quantitative estimate of drug-likeness (QED) is 0.800. The number of nitrogens with zero attached hydrogens (tertiary/aromatic N) is 2. The highest BCUT2D eigenvalue weighted by molar-refractivity contribution is 5.48. The first kappa shape index (κ1) is 14.3. The van der Waals surface area contributed by atoms with Crippen molar-refractivity contribution in [2.45, 2.75) is 13.5 Å². The zero-order chi connectivity index (χ0) is 13.5. The SMILES string of the molecule is CCN(CCO)c1cccc(CN2CCNCC2)c1. The number of aliphatic hydroxyl groups excluding tert-OH is 1. The minimum absolute atomic E-state index is 0.204. The third-order valence-corrected chi connectivity index (χ3v) is 3.64. The Morgan fingerprint density at radius 1 is 1.32 bits per heavy atom. The van der Waals surface area contributed by atoms with Gasteiger partial charge in [0, 0.05) is 51.5 Å². The monoisotopic (exact) mass is 263 g/mol. The average Bonchev–Trinajstić information content (AvgIpc) is 2.46. The van der Waals surface area contributed by atoms with E-state index in [1.54, 1.807) is 0 Å². The molecule has 1 aromatic rings. The van der Waals surface area contributed by atoms with Gasteiger partial charge in [-0.2, -0.15) is 0 Å². The second-order valence-corrected chi connectivity index (χ2v) is 5.00. The second kappa shape index (κ2) is 7.48. The standard InChI is InChI=1S/C15H25N3O/c1-2-18(10-11-19)15-5-3-4-14(12-15)13-17-8-6-16-7-9-17/h3-5,12,16,19H,2,6-11,13H2,1H3. The van der Waals surface area contributed by atoms with Gasteiger partial charge in [0.1, 0.15) is 0 Å². The molecule has 0 radical (unpaired) electrons. The third kappa shape index (κ3) is 4.20. The van der Waals surface area contributed by atoms with E-state index in [1.165, 1.54) is 11.3 Å². The number of nitrogens with one attached hydrogen (secondary N) is 1. The van der Waals surface area contributed by atoms with Gasteiger partial charge in [-0.3, -0.25) is 4.90 Å². The lowest BCUT2D eigenvalue weighted by Crippen LogP contribution is -2.42. The van der Waals surface area contributed by atoms with Crippen LogP contribution in [-0.4, -0.2) is 55.9 Å². The number of hydrogen-bond donors (Lipinski definition) is 2. The van der Waals surface area contributed by atoms with E-state index in [2.05, 4.69) is 46.3 Å². The van der Waals surface area contributed by atoms with Crippen LogP contribution in [0, 0.1) is 0 Å². The van der Waals surface area contributed by atoms with Gasteiger partial charge in [0.2, 0.25) is 0 Å². The highest BCUT2D eigenvalue weighted by atomic mass is 16.3. The first-order chi connectivity index (χ1) is 9.33. The van der Waals surface area contributed by atoms with Crippen molar-refractivity contribution in [3.05, 3.63) is 29.8 Å². The van der Waals surface area contributed by atoms with Crippen molar-refractivity contribution >= 4 is 5.69 Å². The average molecular weight is 263 g/mol. The van der Waals surface area contributed by atoms with Gasteiger partial charge in [-0.1, -0.05) is 12.1 Å². The molecule has 19 heavy (non-hydrogen) atoms. The van der Waals surface area contributed by atoms with E-state index in [9.17, 15) is 0 Å². The van der Waals surface area contributed by atoms with Crippen molar-refractivity contribution in [1.82, 2.24) is 10.2 Å². The summed E-state index contributed by atoms with van der Waals surface area (Å²) >= 11 is 0. The molecule has 1 aromatic carbocycles. The van der Waals surface area contributed by atoms with Crippen LogP contribution in [0.3, 0.4) is 0 Å². The summed E-state index contributed by atoms with van der Waals surface area (Å²) in [5, 5.41) is 12.5. The number of hydrogen-bond acceptors (Lipinski definition) is 4. The Morgan fingerprint density at radius 3 is 2.79 bits per heavy atom. The van der Waals surface area contributed by atoms with Gasteiger partial charge in [-0.15, -0.1) is 0 Å². The van der Waals surface area contributed by atoms with Crippen LogP contribution in [0.15, 0.2) is 24.3 Å². The van der Waals surface area contributed by atoms with Crippen LogP contribution in [0.4, 0.5) is 5.69 Å². The van der Waals surface area contributed by atoms with E-state index in [0.29, 0.717) is 6.54 Å². The minimum atomic E-state index is 0.204. The lowest BCUT2D eigenvalue weighted by Gasteiger charge is -2.28. The van der Waals surface area contributed by atoms with Crippen molar-refractivity contribution in [3.8, 4) is 0 Å². The van der Waals surface area contributed by atoms with Gasteiger partial charge in [-0.05, 0) is 24.6 Å². The van der Waals surface area contributed by atoms with E-state index in [4.69, 9.17) is 5.11 Å². The lowest BCUT2D eigenvalue weighted by atomic mass is 10.1. The summed E-state index contributed by atoms with van der Waals surface area (Å²) in [7, 11) is 0. The Hall–Kier alpha value is -1.10. The molecule has 106 valence electrons. The van der Waals surface area contributed by atoms with Crippen LogP contribution >= 0.6 is 0 Å². The highest BCUT2D eigenvalue weighted by Gasteiger charge is 2.11. The van der Waals surface area contributed by atoms with Crippen LogP contribution in [-0.2, 0) is 6.54 Å². The van der Waals surface area contributed by atoms with Crippen LogP contribution in [0.25, 0.3) is 0 Å². The van der Waals surface area contributed by atoms with E-state index < -0.39 is 0 Å². The fourth-order valence-corrected chi connectivity index (χ4v) is 2.57. The molecule has 1 aliphatic heterocycles. The summed E-state index contributed by atoms with van der Waals surface area (Å²) in [6, 6.07) is 8.69. The Morgan fingerprint density at radius 2 is 2.11 bits per heavy atom. The topological polar surface area (TPSA) is 38.7 Å². The molecule has 0 amide bonds. The van der Waals surface area contributed by atoms with Crippen LogP contribution < -0.4 is 10.2 Å². The molecular formula is C15H25N3O. The molecule has 0 atom stereocenters. The molecular weight excluding hydrogens is 238 g/mol. The Bertz CT molecular complexity index is 377. The molecule has 0 aliphatic carbocycles. The molecule has 1 aliphatic rings. The maximum atomic E-state index is 9.10. The van der Waals surface area contributed by atoms with E-state index in [-0.39, 0.29) is 6.61 Å². The number of aliphatic hydroxyl groups is 1. The molecule has 0 bridgehead atoms. The van der Waals surface area contributed by atoms with Gasteiger partial charge in [-0.25, -0.2) is 0 Å². The summed E-state index contributed by atoms with van der Waals surface area (Å²) in [4.78, 5) is 4.69. The van der Waals surface area contributed by atoms with Gasteiger partial charge in [0.15, 0.2) is 0 Å². The molecule has 0 aromatic heterocycles. The van der Waals surface area contributed by atoms with Crippen molar-refractivity contribution in [1.29, 1.82) is 0 Å². The zero-order valence-corrected chi connectivity index (χ0v) is 11.8. The molecule has 4 nitrogen and oxygen atoms in total. The normalized spacial score (nSPS) is 16.5. The molecule has 1 fully saturated rings. The summed E-state index contributed by atoms with van der Waals surface area (Å²) in [6.45, 7) is 9.40. The Kier molecular flexibility index (Phi) is 5.63. The minimum Gasteiger partial charge on any atom is -0.395 e. The van der Waals surface area contributed by atoms with Crippen molar-refractivity contribution < 1.29 is 5.11 Å². The molecule has 0 saturated carbocycles. The summed E-state index contributed by atoms with van der Waals surface area (Å²) in [6.07, 6.45) is 0. The van der Waals surface area contributed by atoms with Crippen LogP contribution in [0.5, 0.6) is 0 Å². The predicted molar refractivity (Wildman–Crippen MR) is 79.6 cm³/mol. The molecule has 0 unspecified atom stereocenters. The lowest BCUT2D eigenvalue weighted by molar-refractivity contribution is 0.233. The molecule has 1 heterocycles. The Labute approximate surface area is 116 Å². The predicted octanol–water partition coefficient (Wildman–Crippen LogP) is 0.910. The summed E-state index contributed by atoms with van der Waals surface area (Å²) in [5.74, 6) is 0. The van der Waals surface area contributed by atoms with Crippen molar-refractivity contribution in [3.63, 3.8) is 0 Å². The van der Waals surface area contributed by atoms with Gasteiger partial charge in [0.05, 0.1) is 6.61 Å². The molecule has 4 heteroatoms. The molecule has 2 rings (SSSR count). The summed E-state index contributed by atoms with van der Waals surface area (Å²) < 4.78 is 0. The van der Waals surface area contributed by atoms with Crippen LogP contribution in [0.2, 0.25) is 0 Å². The highest BCUT2D eigenvalue weighted by Crippen LogP contribution is 2.17. The van der Waals surface area contributed by atoms with Crippen LogP contribution in [0.1, 0.15) is 12.5 Å². The zero-order valence-electron chi connectivity index (χ0n) is 11.8.